The lowest BCUT2D eigenvalue weighted by Gasteiger charge is -2.37. The molecule has 2 heteroatoms. The summed E-state index contributed by atoms with van der Waals surface area (Å²) in [5, 5.41) is 0. The van der Waals surface area contributed by atoms with E-state index in [9.17, 15) is 4.79 Å². The molecule has 0 N–H and O–H groups in total. The summed E-state index contributed by atoms with van der Waals surface area (Å²) in [6.07, 6.45) is 6.99. The molecule has 1 fully saturated rings. The molecule has 0 radical (unpaired) electrons. The first-order valence-electron chi connectivity index (χ1n) is 7.16. The average Bonchev–Trinajstić information content (AvgIpc) is 2.37. The molecule has 0 heterocycles. The molecule has 0 aromatic rings. The molecule has 0 aromatic heterocycles. The lowest BCUT2D eigenvalue weighted by atomic mass is 9.75. The SMILES string of the molecule is CCC(CC)CC(=O)C1(OC)CCC(C)CC1. The average molecular weight is 240 g/mol. The fourth-order valence-electron chi connectivity index (χ4n) is 2.85. The zero-order valence-electron chi connectivity index (χ0n) is 11.9. The van der Waals surface area contributed by atoms with E-state index in [1.165, 1.54) is 0 Å². The van der Waals surface area contributed by atoms with Crippen LogP contribution in [0.4, 0.5) is 0 Å². The van der Waals surface area contributed by atoms with Crippen LogP contribution in [0.2, 0.25) is 0 Å². The molecule has 1 rings (SSSR count). The summed E-state index contributed by atoms with van der Waals surface area (Å²) in [7, 11) is 1.71. The maximum absolute atomic E-state index is 12.5. The fourth-order valence-corrected chi connectivity index (χ4v) is 2.85. The highest BCUT2D eigenvalue weighted by atomic mass is 16.5. The number of carbonyl (C=O) groups excluding carboxylic acids is 1. The van der Waals surface area contributed by atoms with Gasteiger partial charge in [0.2, 0.25) is 0 Å². The molecule has 2 nitrogen and oxygen atoms in total. The van der Waals surface area contributed by atoms with Crippen molar-refractivity contribution in [1.29, 1.82) is 0 Å². The minimum Gasteiger partial charge on any atom is -0.370 e. The van der Waals surface area contributed by atoms with Crippen LogP contribution in [0.25, 0.3) is 0 Å². The number of hydrogen-bond donors (Lipinski definition) is 0. The quantitative estimate of drug-likeness (QED) is 0.702. The third-order valence-electron chi connectivity index (χ3n) is 4.61. The van der Waals surface area contributed by atoms with Crippen LogP contribution < -0.4 is 0 Å². The number of carbonyl (C=O) groups is 1. The van der Waals surface area contributed by atoms with Crippen molar-refractivity contribution >= 4 is 5.78 Å². The van der Waals surface area contributed by atoms with Gasteiger partial charge in [-0.3, -0.25) is 4.79 Å². The third-order valence-corrected chi connectivity index (χ3v) is 4.61. The highest BCUT2D eigenvalue weighted by Crippen LogP contribution is 2.36. The van der Waals surface area contributed by atoms with Gasteiger partial charge in [0, 0.05) is 13.5 Å². The van der Waals surface area contributed by atoms with Crippen LogP contribution in [0, 0.1) is 11.8 Å². The molecule has 0 saturated heterocycles. The number of Topliss-reactive ketones (excluding diaryl/α,β-unsaturated/α-hetero) is 1. The molecule has 0 atom stereocenters. The summed E-state index contributed by atoms with van der Waals surface area (Å²) in [5.41, 5.74) is -0.449. The van der Waals surface area contributed by atoms with Gasteiger partial charge in [-0.2, -0.15) is 0 Å². The van der Waals surface area contributed by atoms with Crippen molar-refractivity contribution in [1.82, 2.24) is 0 Å². The fraction of sp³-hybridized carbons (Fsp3) is 0.933. The summed E-state index contributed by atoms with van der Waals surface area (Å²) < 4.78 is 5.63. The van der Waals surface area contributed by atoms with Gasteiger partial charge in [0.05, 0.1) is 0 Å². The van der Waals surface area contributed by atoms with Gasteiger partial charge in [-0.1, -0.05) is 33.6 Å². The highest BCUT2D eigenvalue weighted by molar-refractivity contribution is 5.87. The van der Waals surface area contributed by atoms with Crippen LogP contribution in [0.15, 0.2) is 0 Å². The molecule has 1 saturated carbocycles. The first-order chi connectivity index (χ1) is 8.07. The lowest BCUT2D eigenvalue weighted by Crippen LogP contribution is -2.44. The Morgan fingerprint density at radius 3 is 2.24 bits per heavy atom. The second kappa shape index (κ2) is 6.53. The Hall–Kier alpha value is -0.370. The molecular weight excluding hydrogens is 212 g/mol. The van der Waals surface area contributed by atoms with E-state index in [1.807, 2.05) is 0 Å². The van der Waals surface area contributed by atoms with Gasteiger partial charge in [-0.05, 0) is 37.5 Å². The van der Waals surface area contributed by atoms with Gasteiger partial charge in [-0.15, -0.1) is 0 Å². The van der Waals surface area contributed by atoms with Crippen molar-refractivity contribution in [3.05, 3.63) is 0 Å². The monoisotopic (exact) mass is 240 g/mol. The largest absolute Gasteiger partial charge is 0.370 e. The highest BCUT2D eigenvalue weighted by Gasteiger charge is 2.40. The summed E-state index contributed by atoms with van der Waals surface area (Å²) in [5.74, 6) is 1.63. The summed E-state index contributed by atoms with van der Waals surface area (Å²) in [4.78, 5) is 12.5. The van der Waals surface area contributed by atoms with Crippen molar-refractivity contribution in [3.8, 4) is 0 Å². The molecule has 1 aliphatic rings. The second-order valence-electron chi connectivity index (χ2n) is 5.69. The van der Waals surface area contributed by atoms with Crippen molar-refractivity contribution in [2.75, 3.05) is 7.11 Å². The van der Waals surface area contributed by atoms with Crippen molar-refractivity contribution < 1.29 is 9.53 Å². The number of ether oxygens (including phenoxy) is 1. The number of ketones is 1. The van der Waals surface area contributed by atoms with Crippen LogP contribution in [0.1, 0.15) is 65.7 Å². The Labute approximate surface area is 106 Å². The number of methoxy groups -OCH3 is 1. The van der Waals surface area contributed by atoms with E-state index in [0.717, 1.165) is 44.4 Å². The van der Waals surface area contributed by atoms with Crippen LogP contribution in [0.3, 0.4) is 0 Å². The van der Waals surface area contributed by atoms with Crippen molar-refractivity contribution in [3.63, 3.8) is 0 Å². The van der Waals surface area contributed by atoms with Crippen molar-refractivity contribution in [2.24, 2.45) is 11.8 Å². The zero-order chi connectivity index (χ0) is 12.9. The van der Waals surface area contributed by atoms with Gasteiger partial charge in [-0.25, -0.2) is 0 Å². The number of hydrogen-bond acceptors (Lipinski definition) is 2. The van der Waals surface area contributed by atoms with Gasteiger partial charge < -0.3 is 4.74 Å². The summed E-state index contributed by atoms with van der Waals surface area (Å²) in [6.45, 7) is 6.61. The normalized spacial score (nSPS) is 29.6. The smallest absolute Gasteiger partial charge is 0.164 e. The van der Waals surface area contributed by atoms with E-state index in [2.05, 4.69) is 20.8 Å². The molecule has 0 unspecified atom stereocenters. The Morgan fingerprint density at radius 2 is 1.82 bits per heavy atom. The van der Waals surface area contributed by atoms with Gasteiger partial charge in [0.1, 0.15) is 5.60 Å². The Balaban J connectivity index is 2.63. The standard InChI is InChI=1S/C15H28O2/c1-5-13(6-2)11-14(16)15(17-4)9-7-12(3)8-10-15/h12-13H,5-11H2,1-4H3. The van der Waals surface area contributed by atoms with Crippen molar-refractivity contribution in [2.45, 2.75) is 71.3 Å². The first kappa shape index (κ1) is 14.7. The Morgan fingerprint density at radius 1 is 1.29 bits per heavy atom. The van der Waals surface area contributed by atoms with E-state index in [0.29, 0.717) is 18.1 Å². The topological polar surface area (TPSA) is 26.3 Å². The van der Waals surface area contributed by atoms with E-state index in [1.54, 1.807) is 7.11 Å². The predicted molar refractivity (Wildman–Crippen MR) is 71.1 cm³/mol. The predicted octanol–water partition coefficient (Wildman–Crippen LogP) is 3.98. The molecule has 0 spiro atoms. The molecule has 100 valence electrons. The van der Waals surface area contributed by atoms with Gasteiger partial charge >= 0.3 is 0 Å². The van der Waals surface area contributed by atoms with E-state index >= 15 is 0 Å². The summed E-state index contributed by atoms with van der Waals surface area (Å²) in [6, 6.07) is 0. The maximum atomic E-state index is 12.5. The van der Waals surface area contributed by atoms with Crippen LogP contribution in [0.5, 0.6) is 0 Å². The molecule has 0 aromatic carbocycles. The zero-order valence-corrected chi connectivity index (χ0v) is 11.9. The van der Waals surface area contributed by atoms with Crippen LogP contribution >= 0.6 is 0 Å². The van der Waals surface area contributed by atoms with E-state index < -0.39 is 5.60 Å². The molecule has 1 aliphatic carbocycles. The van der Waals surface area contributed by atoms with Crippen LogP contribution in [-0.4, -0.2) is 18.5 Å². The minimum atomic E-state index is -0.449. The third kappa shape index (κ3) is 3.54. The Kier molecular flexibility index (Phi) is 5.64. The van der Waals surface area contributed by atoms with E-state index in [-0.39, 0.29) is 0 Å². The molecule has 17 heavy (non-hydrogen) atoms. The lowest BCUT2D eigenvalue weighted by molar-refractivity contribution is -0.147. The van der Waals surface area contributed by atoms with Crippen LogP contribution in [-0.2, 0) is 9.53 Å². The first-order valence-corrected chi connectivity index (χ1v) is 7.16. The summed E-state index contributed by atoms with van der Waals surface area (Å²) >= 11 is 0. The molecular formula is C15H28O2. The molecule has 0 amide bonds. The number of rotatable bonds is 6. The maximum Gasteiger partial charge on any atom is 0.164 e. The van der Waals surface area contributed by atoms with E-state index in [4.69, 9.17) is 4.74 Å². The minimum absolute atomic E-state index is 0.348. The van der Waals surface area contributed by atoms with Gasteiger partial charge in [0.25, 0.3) is 0 Å². The molecule has 0 bridgehead atoms. The Bertz CT molecular complexity index is 235. The molecule has 0 aliphatic heterocycles. The van der Waals surface area contributed by atoms with Gasteiger partial charge in [0.15, 0.2) is 5.78 Å². The second-order valence-corrected chi connectivity index (χ2v) is 5.69.